The molecule has 0 bridgehead atoms. The Hall–Kier alpha value is -3.42. The van der Waals surface area contributed by atoms with Crippen LogP contribution in [0.5, 0.6) is 11.5 Å². The summed E-state index contributed by atoms with van der Waals surface area (Å²) in [4.78, 5) is 14.5. The molecule has 1 saturated carbocycles. The maximum Gasteiger partial charge on any atom is 0.238 e. The summed E-state index contributed by atoms with van der Waals surface area (Å²) in [7, 11) is 3.08. The van der Waals surface area contributed by atoms with Gasteiger partial charge in [-0.1, -0.05) is 18.2 Å². The van der Waals surface area contributed by atoms with Crippen molar-refractivity contribution in [2.45, 2.75) is 31.2 Å². The van der Waals surface area contributed by atoms with E-state index in [1.165, 1.54) is 7.11 Å². The van der Waals surface area contributed by atoms with Crippen LogP contribution < -0.4 is 9.64 Å². The number of phenols is 1. The van der Waals surface area contributed by atoms with Crippen molar-refractivity contribution < 1.29 is 23.4 Å². The van der Waals surface area contributed by atoms with Gasteiger partial charge in [-0.05, 0) is 35.1 Å². The van der Waals surface area contributed by atoms with Crippen molar-refractivity contribution in [1.29, 1.82) is 0 Å². The van der Waals surface area contributed by atoms with E-state index >= 15 is 0 Å². The summed E-state index contributed by atoms with van der Waals surface area (Å²) in [6.07, 6.45) is 5.66. The Kier molecular flexibility index (Phi) is 4.28. The molecule has 6 nitrogen and oxygen atoms in total. The quantitative estimate of drug-likeness (QED) is 0.694. The lowest BCUT2D eigenvalue weighted by molar-refractivity contribution is -0.121. The minimum atomic E-state index is -1.17. The number of aromatic nitrogens is 2. The van der Waals surface area contributed by atoms with Crippen LogP contribution in [0.3, 0.4) is 0 Å². The number of aryl methyl sites for hydroxylation is 1. The van der Waals surface area contributed by atoms with E-state index in [9.17, 15) is 18.7 Å². The van der Waals surface area contributed by atoms with Crippen LogP contribution in [-0.2, 0) is 30.2 Å². The highest BCUT2D eigenvalue weighted by Crippen LogP contribution is 2.55. The Morgan fingerprint density at radius 3 is 2.61 bits per heavy atom. The summed E-state index contributed by atoms with van der Waals surface area (Å²) in [5.41, 5.74) is 2.52. The molecule has 0 radical (unpaired) electrons. The zero-order chi connectivity index (χ0) is 21.9. The predicted molar refractivity (Wildman–Crippen MR) is 109 cm³/mol. The first-order valence-electron chi connectivity index (χ1n) is 10.0. The topological polar surface area (TPSA) is 67.6 Å². The highest BCUT2D eigenvalue weighted by Gasteiger charge is 2.57. The van der Waals surface area contributed by atoms with Crippen LogP contribution in [0.4, 0.5) is 14.5 Å². The SMILES string of the molecule is COc1cc(O)c(F)c(N2Cc3ccc(Cc4cnn(C)c4)cc3C3(CC3)C2=O)c1F. The van der Waals surface area contributed by atoms with Gasteiger partial charge in [0.25, 0.3) is 0 Å². The van der Waals surface area contributed by atoms with E-state index < -0.39 is 28.5 Å². The number of fused-ring (bicyclic) bond motifs is 2. The van der Waals surface area contributed by atoms with Crippen LogP contribution in [0.1, 0.15) is 35.1 Å². The fourth-order valence-electron chi connectivity index (χ4n) is 4.49. The molecule has 2 heterocycles. The molecule has 3 aromatic rings. The molecule has 0 saturated heterocycles. The molecule has 1 fully saturated rings. The summed E-state index contributed by atoms with van der Waals surface area (Å²) < 4.78 is 36.3. The van der Waals surface area contributed by atoms with E-state index in [1.54, 1.807) is 10.9 Å². The van der Waals surface area contributed by atoms with Crippen LogP contribution in [0, 0.1) is 11.6 Å². The summed E-state index contributed by atoms with van der Waals surface area (Å²) in [6, 6.07) is 6.77. The maximum absolute atomic E-state index is 15.0. The Bertz CT molecular complexity index is 1220. The standard InChI is InChI=1S/C23H21F2N3O3/c1-27-11-14(10-26-27)7-13-3-4-15-12-28(22(30)23(5-6-23)16(15)8-13)21-19(24)17(29)9-18(31-2)20(21)25/h3-4,8-11,29H,5-7,12H2,1-2H3. The Labute approximate surface area is 177 Å². The third-order valence-electron chi connectivity index (χ3n) is 6.20. The van der Waals surface area contributed by atoms with Crippen molar-refractivity contribution in [3.8, 4) is 11.5 Å². The second kappa shape index (κ2) is 6.80. The summed E-state index contributed by atoms with van der Waals surface area (Å²) in [6.45, 7) is 0.0174. The largest absolute Gasteiger partial charge is 0.505 e. The number of amides is 1. The number of ether oxygens (including phenoxy) is 1. The van der Waals surface area contributed by atoms with Crippen LogP contribution in [0.25, 0.3) is 0 Å². The number of methoxy groups -OCH3 is 1. The third kappa shape index (κ3) is 2.97. The zero-order valence-electron chi connectivity index (χ0n) is 17.2. The molecule has 160 valence electrons. The summed E-state index contributed by atoms with van der Waals surface area (Å²) >= 11 is 0. The number of halogens is 2. The third-order valence-corrected chi connectivity index (χ3v) is 6.20. The van der Waals surface area contributed by atoms with Gasteiger partial charge in [-0.15, -0.1) is 0 Å². The van der Waals surface area contributed by atoms with E-state index in [2.05, 4.69) is 5.10 Å². The van der Waals surface area contributed by atoms with Gasteiger partial charge < -0.3 is 14.7 Å². The van der Waals surface area contributed by atoms with E-state index in [0.29, 0.717) is 19.3 Å². The second-order valence-corrected chi connectivity index (χ2v) is 8.24. The first-order valence-corrected chi connectivity index (χ1v) is 10.0. The lowest BCUT2D eigenvalue weighted by Gasteiger charge is -2.35. The van der Waals surface area contributed by atoms with E-state index in [-0.39, 0.29) is 18.2 Å². The molecule has 1 aromatic heterocycles. The van der Waals surface area contributed by atoms with Crippen molar-refractivity contribution in [1.82, 2.24) is 9.78 Å². The summed E-state index contributed by atoms with van der Waals surface area (Å²) in [5.74, 6) is -3.60. The van der Waals surface area contributed by atoms with E-state index in [1.807, 2.05) is 31.4 Å². The number of anilines is 1. The molecule has 1 amide bonds. The normalized spacial score (nSPS) is 16.5. The Morgan fingerprint density at radius 1 is 1.19 bits per heavy atom. The predicted octanol–water partition coefficient (Wildman–Crippen LogP) is 3.58. The number of hydrogen-bond acceptors (Lipinski definition) is 4. The van der Waals surface area contributed by atoms with Crippen LogP contribution in [0.2, 0.25) is 0 Å². The maximum atomic E-state index is 15.0. The number of nitrogens with zero attached hydrogens (tertiary/aromatic N) is 3. The van der Waals surface area contributed by atoms with Gasteiger partial charge in [-0.2, -0.15) is 5.10 Å². The number of benzene rings is 2. The fourth-order valence-corrected chi connectivity index (χ4v) is 4.49. The van der Waals surface area contributed by atoms with Crippen molar-refractivity contribution in [3.05, 3.63) is 70.5 Å². The van der Waals surface area contributed by atoms with Crippen molar-refractivity contribution in [2.75, 3.05) is 12.0 Å². The first kappa shape index (κ1) is 19.5. The molecule has 2 aromatic carbocycles. The van der Waals surface area contributed by atoms with Crippen LogP contribution in [0.15, 0.2) is 36.7 Å². The summed E-state index contributed by atoms with van der Waals surface area (Å²) in [5, 5.41) is 14.1. The first-order chi connectivity index (χ1) is 14.8. The van der Waals surface area contributed by atoms with Gasteiger partial charge in [0.1, 0.15) is 5.69 Å². The lowest BCUT2D eigenvalue weighted by atomic mass is 9.84. The average molecular weight is 425 g/mol. The molecule has 0 unspecified atom stereocenters. The number of carbonyl (C=O) groups excluding carboxylic acids is 1. The number of carbonyl (C=O) groups is 1. The number of aromatic hydroxyl groups is 1. The van der Waals surface area contributed by atoms with Gasteiger partial charge in [-0.3, -0.25) is 9.48 Å². The van der Waals surface area contributed by atoms with Gasteiger partial charge in [-0.25, -0.2) is 8.78 Å². The molecule has 0 atom stereocenters. The molecule has 31 heavy (non-hydrogen) atoms. The molecule has 5 rings (SSSR count). The minimum Gasteiger partial charge on any atom is -0.505 e. The van der Waals surface area contributed by atoms with Gasteiger partial charge in [0.2, 0.25) is 5.91 Å². The lowest BCUT2D eigenvalue weighted by Crippen LogP contribution is -2.44. The van der Waals surface area contributed by atoms with Gasteiger partial charge in [0, 0.05) is 25.7 Å². The highest BCUT2D eigenvalue weighted by atomic mass is 19.1. The van der Waals surface area contributed by atoms with Gasteiger partial charge >= 0.3 is 0 Å². The number of hydrogen-bond donors (Lipinski definition) is 1. The molecule has 1 N–H and O–H groups in total. The van der Waals surface area contributed by atoms with Crippen molar-refractivity contribution >= 4 is 11.6 Å². The highest BCUT2D eigenvalue weighted by molar-refractivity contribution is 6.05. The van der Waals surface area contributed by atoms with Crippen LogP contribution >= 0.6 is 0 Å². The fraction of sp³-hybridized carbons (Fsp3) is 0.304. The monoisotopic (exact) mass is 425 g/mol. The van der Waals surface area contributed by atoms with E-state index in [0.717, 1.165) is 33.2 Å². The smallest absolute Gasteiger partial charge is 0.238 e. The molecular weight excluding hydrogens is 404 g/mol. The van der Waals surface area contributed by atoms with Crippen molar-refractivity contribution in [3.63, 3.8) is 0 Å². The number of phenolic OH excluding ortho intramolecular Hbond substituents is 1. The molecule has 2 aliphatic rings. The number of rotatable bonds is 4. The molecular formula is C23H21F2N3O3. The van der Waals surface area contributed by atoms with E-state index in [4.69, 9.17) is 4.74 Å². The molecule has 1 aliphatic heterocycles. The molecule has 8 heteroatoms. The minimum absolute atomic E-state index is 0.0174. The molecule has 1 aliphatic carbocycles. The molecule has 1 spiro atoms. The van der Waals surface area contributed by atoms with Crippen LogP contribution in [-0.4, -0.2) is 27.9 Å². The van der Waals surface area contributed by atoms with Gasteiger partial charge in [0.05, 0.1) is 25.3 Å². The van der Waals surface area contributed by atoms with Crippen molar-refractivity contribution in [2.24, 2.45) is 7.05 Å². The Morgan fingerprint density at radius 2 is 1.97 bits per heavy atom. The zero-order valence-corrected chi connectivity index (χ0v) is 17.2. The Balaban J connectivity index is 1.56. The average Bonchev–Trinajstić information content (AvgIpc) is 3.45. The van der Waals surface area contributed by atoms with Gasteiger partial charge in [0.15, 0.2) is 23.1 Å². The second-order valence-electron chi connectivity index (χ2n) is 8.24.